The third-order valence-electron chi connectivity index (χ3n) is 4.05. The van der Waals surface area contributed by atoms with E-state index in [-0.39, 0.29) is 17.8 Å². The van der Waals surface area contributed by atoms with Gasteiger partial charge in [0.25, 0.3) is 0 Å². The monoisotopic (exact) mass is 287 g/mol. The molecule has 1 amide bonds. The van der Waals surface area contributed by atoms with Crippen molar-refractivity contribution in [1.29, 1.82) is 0 Å². The van der Waals surface area contributed by atoms with Gasteiger partial charge >= 0.3 is 0 Å². The Morgan fingerprint density at radius 3 is 2.62 bits per heavy atom. The Labute approximate surface area is 123 Å². The maximum Gasteiger partial charge on any atom is 0.230 e. The summed E-state index contributed by atoms with van der Waals surface area (Å²) in [6.07, 6.45) is 3.93. The van der Waals surface area contributed by atoms with Crippen molar-refractivity contribution in [2.45, 2.75) is 37.6 Å². The van der Waals surface area contributed by atoms with Gasteiger partial charge in [-0.15, -0.1) is 0 Å². The topological polar surface area (TPSA) is 42.2 Å². The Bertz CT molecular complexity index is 615. The van der Waals surface area contributed by atoms with Gasteiger partial charge in [0.2, 0.25) is 5.91 Å². The lowest BCUT2D eigenvalue weighted by molar-refractivity contribution is -0.124. The molecule has 0 bridgehead atoms. The molecule has 110 valence electrons. The van der Waals surface area contributed by atoms with Crippen LogP contribution >= 0.6 is 0 Å². The van der Waals surface area contributed by atoms with Crippen molar-refractivity contribution in [3.63, 3.8) is 0 Å². The summed E-state index contributed by atoms with van der Waals surface area (Å²) in [5.74, 6) is 0.601. The van der Waals surface area contributed by atoms with Crippen LogP contribution in [-0.2, 0) is 16.6 Å². The Kier molecular flexibility index (Phi) is 3.53. The molecule has 3 rings (SSSR count). The highest BCUT2D eigenvalue weighted by Gasteiger charge is 2.51. The fourth-order valence-corrected chi connectivity index (χ4v) is 2.68. The van der Waals surface area contributed by atoms with Gasteiger partial charge in [-0.2, -0.15) is 0 Å². The number of nitrogens with one attached hydrogen (secondary N) is 1. The molecule has 1 fully saturated rings. The Morgan fingerprint density at radius 2 is 2.05 bits per heavy atom. The number of benzene rings is 1. The lowest BCUT2D eigenvalue weighted by Crippen LogP contribution is -2.41. The molecule has 0 unspecified atom stereocenters. The van der Waals surface area contributed by atoms with E-state index < -0.39 is 5.41 Å². The second kappa shape index (κ2) is 5.35. The van der Waals surface area contributed by atoms with Crippen LogP contribution in [0.25, 0.3) is 0 Å². The largest absolute Gasteiger partial charge is 0.469 e. The first-order valence-electron chi connectivity index (χ1n) is 7.19. The molecule has 0 aliphatic heterocycles. The summed E-state index contributed by atoms with van der Waals surface area (Å²) in [5, 5.41) is 3.04. The number of carbonyl (C=O) groups is 1. The molecule has 1 heterocycles. The third kappa shape index (κ3) is 2.84. The van der Waals surface area contributed by atoms with E-state index in [0.29, 0.717) is 6.42 Å². The van der Waals surface area contributed by atoms with Crippen molar-refractivity contribution in [2.75, 3.05) is 0 Å². The molecule has 0 radical (unpaired) electrons. The van der Waals surface area contributed by atoms with Crippen LogP contribution in [0.4, 0.5) is 4.39 Å². The van der Waals surface area contributed by atoms with E-state index in [9.17, 15) is 9.18 Å². The lowest BCUT2D eigenvalue weighted by atomic mass is 9.94. The van der Waals surface area contributed by atoms with E-state index in [0.717, 1.165) is 24.2 Å². The third-order valence-corrected chi connectivity index (χ3v) is 4.05. The van der Waals surface area contributed by atoms with Crippen LogP contribution in [-0.4, -0.2) is 11.9 Å². The van der Waals surface area contributed by atoms with Gasteiger partial charge in [0.1, 0.15) is 11.6 Å². The summed E-state index contributed by atoms with van der Waals surface area (Å²) in [6, 6.07) is 9.98. The smallest absolute Gasteiger partial charge is 0.230 e. The maximum atomic E-state index is 13.0. The van der Waals surface area contributed by atoms with Crippen LogP contribution in [0.3, 0.4) is 0 Å². The van der Waals surface area contributed by atoms with E-state index in [2.05, 4.69) is 5.32 Å². The molecule has 1 atom stereocenters. The van der Waals surface area contributed by atoms with Crippen LogP contribution in [0.5, 0.6) is 0 Å². The van der Waals surface area contributed by atoms with Crippen molar-refractivity contribution in [1.82, 2.24) is 5.32 Å². The quantitative estimate of drug-likeness (QED) is 0.917. The van der Waals surface area contributed by atoms with Crippen LogP contribution in [0.1, 0.15) is 31.1 Å². The summed E-state index contributed by atoms with van der Waals surface area (Å²) >= 11 is 0. The lowest BCUT2D eigenvalue weighted by Gasteiger charge is -2.19. The van der Waals surface area contributed by atoms with Crippen LogP contribution in [0.15, 0.2) is 47.1 Å². The minimum atomic E-state index is -0.467. The van der Waals surface area contributed by atoms with Gasteiger partial charge < -0.3 is 9.73 Å². The number of hydrogen-bond acceptors (Lipinski definition) is 2. The molecular formula is C17H18FNO2. The van der Waals surface area contributed by atoms with E-state index >= 15 is 0 Å². The molecular weight excluding hydrogens is 269 g/mol. The van der Waals surface area contributed by atoms with Crippen LogP contribution in [0.2, 0.25) is 0 Å². The van der Waals surface area contributed by atoms with Gasteiger partial charge in [-0.05, 0) is 49.6 Å². The predicted octanol–water partition coefficient (Wildman–Crippen LogP) is 3.20. The molecule has 4 heteroatoms. The van der Waals surface area contributed by atoms with Gasteiger partial charge in [0, 0.05) is 12.5 Å². The van der Waals surface area contributed by atoms with Crippen molar-refractivity contribution in [3.05, 3.63) is 59.8 Å². The highest BCUT2D eigenvalue weighted by Crippen LogP contribution is 2.48. The molecule has 3 nitrogen and oxygen atoms in total. The number of rotatable bonds is 5. The highest BCUT2D eigenvalue weighted by atomic mass is 19.1. The average molecular weight is 287 g/mol. The van der Waals surface area contributed by atoms with Crippen molar-refractivity contribution >= 4 is 5.91 Å². The van der Waals surface area contributed by atoms with Crippen LogP contribution < -0.4 is 5.32 Å². The van der Waals surface area contributed by atoms with Crippen molar-refractivity contribution < 1.29 is 13.6 Å². The van der Waals surface area contributed by atoms with E-state index in [1.165, 1.54) is 12.1 Å². The minimum Gasteiger partial charge on any atom is -0.469 e. The second-order valence-electron chi connectivity index (χ2n) is 5.75. The molecule has 2 aromatic rings. The van der Waals surface area contributed by atoms with E-state index in [4.69, 9.17) is 4.42 Å². The highest BCUT2D eigenvalue weighted by molar-refractivity contribution is 5.91. The van der Waals surface area contributed by atoms with Gasteiger partial charge in [0.15, 0.2) is 0 Å². The first-order valence-corrected chi connectivity index (χ1v) is 7.19. The molecule has 1 N–H and O–H groups in total. The number of furan rings is 1. The molecule has 0 saturated heterocycles. The number of carbonyl (C=O) groups excluding carboxylic acids is 1. The van der Waals surface area contributed by atoms with Crippen molar-refractivity contribution in [3.8, 4) is 0 Å². The minimum absolute atomic E-state index is 0.00146. The fourth-order valence-electron chi connectivity index (χ4n) is 2.68. The summed E-state index contributed by atoms with van der Waals surface area (Å²) in [4.78, 5) is 12.5. The molecule has 1 aromatic heterocycles. The maximum absolute atomic E-state index is 13.0. The Balaban J connectivity index is 1.66. The number of halogens is 1. The predicted molar refractivity (Wildman–Crippen MR) is 77.3 cm³/mol. The first kappa shape index (κ1) is 13.9. The van der Waals surface area contributed by atoms with Gasteiger partial charge in [-0.1, -0.05) is 12.1 Å². The van der Waals surface area contributed by atoms with E-state index in [1.807, 2.05) is 19.1 Å². The second-order valence-corrected chi connectivity index (χ2v) is 5.75. The van der Waals surface area contributed by atoms with E-state index in [1.54, 1.807) is 18.4 Å². The zero-order valence-corrected chi connectivity index (χ0v) is 11.9. The molecule has 21 heavy (non-hydrogen) atoms. The number of hydrogen-bond donors (Lipinski definition) is 1. The molecule has 1 aromatic carbocycles. The molecule has 1 saturated carbocycles. The Hall–Kier alpha value is -2.10. The summed E-state index contributed by atoms with van der Waals surface area (Å²) in [7, 11) is 0. The average Bonchev–Trinajstić information content (AvgIpc) is 3.12. The van der Waals surface area contributed by atoms with Crippen LogP contribution in [0, 0.1) is 5.82 Å². The standard InChI is InChI=1S/C17H18FNO2/c1-12(11-15-3-2-10-21-15)19-16(20)17(8-9-17)13-4-6-14(18)7-5-13/h2-7,10,12H,8-9,11H2,1H3,(H,19,20)/t12-/m0/s1. The molecule has 0 spiro atoms. The Morgan fingerprint density at radius 1 is 1.33 bits per heavy atom. The van der Waals surface area contributed by atoms with Crippen molar-refractivity contribution in [2.24, 2.45) is 0 Å². The normalized spacial score (nSPS) is 17.2. The van der Waals surface area contributed by atoms with Gasteiger partial charge in [-0.25, -0.2) is 4.39 Å². The summed E-state index contributed by atoms with van der Waals surface area (Å²) in [5.41, 5.74) is 0.428. The summed E-state index contributed by atoms with van der Waals surface area (Å²) < 4.78 is 18.3. The molecule has 1 aliphatic carbocycles. The number of amides is 1. The van der Waals surface area contributed by atoms with Gasteiger partial charge in [0.05, 0.1) is 11.7 Å². The fraction of sp³-hybridized carbons (Fsp3) is 0.353. The zero-order valence-electron chi connectivity index (χ0n) is 11.9. The van der Waals surface area contributed by atoms with Gasteiger partial charge in [-0.3, -0.25) is 4.79 Å². The SMILES string of the molecule is C[C@@H](Cc1ccco1)NC(=O)C1(c2ccc(F)cc2)CC1. The zero-order chi connectivity index (χ0) is 14.9. The summed E-state index contributed by atoms with van der Waals surface area (Å²) in [6.45, 7) is 1.96. The molecule has 1 aliphatic rings. The first-order chi connectivity index (χ1) is 10.1.